The molecule has 1 unspecified atom stereocenters. The second kappa shape index (κ2) is 8.22. The molecule has 0 spiro atoms. The number of hydrogen-bond donors (Lipinski definition) is 2. The maximum atomic E-state index is 12.2. The summed E-state index contributed by atoms with van der Waals surface area (Å²) in [5.74, 6) is -0.0577. The predicted octanol–water partition coefficient (Wildman–Crippen LogP) is 3.63. The molecule has 2 N–H and O–H groups in total. The van der Waals surface area contributed by atoms with E-state index in [-0.39, 0.29) is 17.8 Å². The summed E-state index contributed by atoms with van der Waals surface area (Å²) in [6.07, 6.45) is 0. The average molecular weight is 336 g/mol. The largest absolute Gasteiger partial charge is 0.392 e. The molecule has 0 aliphatic rings. The van der Waals surface area contributed by atoms with Gasteiger partial charge in [0.2, 0.25) is 5.91 Å². The van der Waals surface area contributed by atoms with E-state index in [1.165, 1.54) is 11.8 Å². The third kappa shape index (κ3) is 4.50. The van der Waals surface area contributed by atoms with Gasteiger partial charge < -0.3 is 10.4 Å². The van der Waals surface area contributed by atoms with E-state index in [9.17, 15) is 9.90 Å². The summed E-state index contributed by atoms with van der Waals surface area (Å²) in [5.41, 5.74) is 1.75. The lowest BCUT2D eigenvalue weighted by Gasteiger charge is -2.14. The Balaban J connectivity index is 1.93. The normalized spacial score (nSPS) is 12.0. The zero-order valence-electron chi connectivity index (χ0n) is 12.3. The molecule has 0 aliphatic carbocycles. The molecular weight excluding hydrogens is 318 g/mol. The summed E-state index contributed by atoms with van der Waals surface area (Å²) >= 11 is 7.54. The van der Waals surface area contributed by atoms with E-state index in [0.29, 0.717) is 11.6 Å². The smallest absolute Gasteiger partial charge is 0.233 e. The number of hydrogen-bond acceptors (Lipinski definition) is 3. The van der Waals surface area contributed by atoms with Crippen molar-refractivity contribution < 1.29 is 9.90 Å². The van der Waals surface area contributed by atoms with Crippen LogP contribution in [0.5, 0.6) is 0 Å². The Bertz CT molecular complexity index is 648. The zero-order valence-corrected chi connectivity index (χ0v) is 13.8. The van der Waals surface area contributed by atoms with Crippen LogP contribution in [0.4, 0.5) is 0 Å². The number of aliphatic hydroxyl groups is 1. The SMILES string of the molecule is CC(Sc1ccccc1Cl)C(=O)NCc1ccccc1CO. The Morgan fingerprint density at radius 1 is 1.18 bits per heavy atom. The Morgan fingerprint density at radius 3 is 2.50 bits per heavy atom. The molecule has 1 atom stereocenters. The topological polar surface area (TPSA) is 49.3 Å². The average Bonchev–Trinajstić information content (AvgIpc) is 2.54. The van der Waals surface area contributed by atoms with E-state index in [1.807, 2.05) is 55.5 Å². The monoisotopic (exact) mass is 335 g/mol. The highest BCUT2D eigenvalue weighted by atomic mass is 35.5. The molecule has 1 amide bonds. The summed E-state index contributed by atoms with van der Waals surface area (Å²) in [6, 6.07) is 15.0. The van der Waals surface area contributed by atoms with Gasteiger partial charge in [-0.2, -0.15) is 0 Å². The standard InChI is InChI=1S/C17H18ClNO2S/c1-12(22-16-9-5-4-8-15(16)18)17(21)19-10-13-6-2-3-7-14(13)11-20/h2-9,12,20H,10-11H2,1H3,(H,19,21). The van der Waals surface area contributed by atoms with Crippen molar-refractivity contribution >= 4 is 29.3 Å². The molecule has 0 aliphatic heterocycles. The molecule has 116 valence electrons. The number of rotatable bonds is 6. The fraction of sp³-hybridized carbons (Fsp3) is 0.235. The van der Waals surface area contributed by atoms with E-state index < -0.39 is 0 Å². The first-order valence-electron chi connectivity index (χ1n) is 6.98. The van der Waals surface area contributed by atoms with Gasteiger partial charge in [0.1, 0.15) is 0 Å². The summed E-state index contributed by atoms with van der Waals surface area (Å²) in [7, 11) is 0. The fourth-order valence-corrected chi connectivity index (χ4v) is 3.17. The fourth-order valence-electron chi connectivity index (χ4n) is 1.99. The predicted molar refractivity (Wildman–Crippen MR) is 91.0 cm³/mol. The Morgan fingerprint density at radius 2 is 1.82 bits per heavy atom. The van der Waals surface area contributed by atoms with Gasteiger partial charge in [0, 0.05) is 11.4 Å². The van der Waals surface area contributed by atoms with Gasteiger partial charge in [-0.1, -0.05) is 48.0 Å². The van der Waals surface area contributed by atoms with E-state index in [4.69, 9.17) is 11.6 Å². The molecule has 22 heavy (non-hydrogen) atoms. The molecule has 5 heteroatoms. The minimum atomic E-state index is -0.249. The van der Waals surface area contributed by atoms with Gasteiger partial charge in [-0.15, -0.1) is 11.8 Å². The van der Waals surface area contributed by atoms with E-state index >= 15 is 0 Å². The van der Waals surface area contributed by atoms with E-state index in [1.54, 1.807) is 0 Å². The molecular formula is C17H18ClNO2S. The van der Waals surface area contributed by atoms with Crippen LogP contribution in [0.25, 0.3) is 0 Å². The minimum Gasteiger partial charge on any atom is -0.392 e. The van der Waals surface area contributed by atoms with Crippen molar-refractivity contribution in [2.45, 2.75) is 30.2 Å². The van der Waals surface area contributed by atoms with Crippen LogP contribution in [0, 0.1) is 0 Å². The van der Waals surface area contributed by atoms with Gasteiger partial charge in [-0.25, -0.2) is 0 Å². The first-order chi connectivity index (χ1) is 10.6. The van der Waals surface area contributed by atoms with Crippen LogP contribution in [-0.2, 0) is 17.9 Å². The van der Waals surface area contributed by atoms with Crippen molar-refractivity contribution in [2.75, 3.05) is 0 Å². The Labute approximate surface area is 139 Å². The number of halogens is 1. The van der Waals surface area contributed by atoms with Crippen molar-refractivity contribution in [3.63, 3.8) is 0 Å². The number of nitrogens with one attached hydrogen (secondary N) is 1. The quantitative estimate of drug-likeness (QED) is 0.792. The van der Waals surface area contributed by atoms with Crippen LogP contribution >= 0.6 is 23.4 Å². The number of carbonyl (C=O) groups is 1. The highest BCUT2D eigenvalue weighted by molar-refractivity contribution is 8.00. The van der Waals surface area contributed by atoms with Crippen LogP contribution in [0.1, 0.15) is 18.1 Å². The summed E-state index contributed by atoms with van der Waals surface area (Å²) in [4.78, 5) is 13.1. The molecule has 3 nitrogen and oxygen atoms in total. The Kier molecular flexibility index (Phi) is 6.31. The van der Waals surface area contributed by atoms with Crippen LogP contribution in [-0.4, -0.2) is 16.3 Å². The molecule has 0 saturated carbocycles. The van der Waals surface area contributed by atoms with Gasteiger partial charge in [-0.05, 0) is 30.2 Å². The van der Waals surface area contributed by atoms with Crippen LogP contribution in [0.15, 0.2) is 53.4 Å². The molecule has 2 aromatic carbocycles. The first-order valence-corrected chi connectivity index (χ1v) is 8.24. The molecule has 0 aromatic heterocycles. The second-order valence-corrected chi connectivity index (χ2v) is 6.62. The zero-order chi connectivity index (χ0) is 15.9. The number of amides is 1. The van der Waals surface area contributed by atoms with Gasteiger partial charge in [0.05, 0.1) is 16.9 Å². The summed E-state index contributed by atoms with van der Waals surface area (Å²) in [5, 5.41) is 12.6. The van der Waals surface area contributed by atoms with E-state index in [2.05, 4.69) is 5.32 Å². The molecule has 0 bridgehead atoms. The molecule has 2 rings (SSSR count). The third-order valence-corrected chi connectivity index (χ3v) is 4.87. The van der Waals surface area contributed by atoms with Crippen LogP contribution in [0.3, 0.4) is 0 Å². The van der Waals surface area contributed by atoms with Crippen LogP contribution in [0.2, 0.25) is 5.02 Å². The van der Waals surface area contributed by atoms with Gasteiger partial charge in [-0.3, -0.25) is 4.79 Å². The van der Waals surface area contributed by atoms with Gasteiger partial charge in [0.25, 0.3) is 0 Å². The van der Waals surface area contributed by atoms with Crippen molar-refractivity contribution in [3.8, 4) is 0 Å². The lowest BCUT2D eigenvalue weighted by molar-refractivity contribution is -0.120. The molecule has 0 saturated heterocycles. The first kappa shape index (κ1) is 16.9. The van der Waals surface area contributed by atoms with Crippen molar-refractivity contribution in [2.24, 2.45) is 0 Å². The lowest BCUT2D eigenvalue weighted by Crippen LogP contribution is -2.30. The number of thioether (sulfide) groups is 1. The number of carbonyl (C=O) groups excluding carboxylic acids is 1. The van der Waals surface area contributed by atoms with Crippen molar-refractivity contribution in [3.05, 3.63) is 64.7 Å². The van der Waals surface area contributed by atoms with Crippen molar-refractivity contribution in [1.82, 2.24) is 5.32 Å². The molecule has 0 radical (unpaired) electrons. The maximum Gasteiger partial charge on any atom is 0.233 e. The van der Waals surface area contributed by atoms with Gasteiger partial charge in [0.15, 0.2) is 0 Å². The number of benzene rings is 2. The summed E-state index contributed by atoms with van der Waals surface area (Å²) in [6.45, 7) is 2.22. The third-order valence-electron chi connectivity index (χ3n) is 3.25. The molecule has 0 fully saturated rings. The maximum absolute atomic E-state index is 12.2. The summed E-state index contributed by atoms with van der Waals surface area (Å²) < 4.78 is 0. The van der Waals surface area contributed by atoms with Crippen LogP contribution < -0.4 is 5.32 Å². The highest BCUT2D eigenvalue weighted by Gasteiger charge is 2.15. The second-order valence-electron chi connectivity index (χ2n) is 4.84. The van der Waals surface area contributed by atoms with Crippen molar-refractivity contribution in [1.29, 1.82) is 0 Å². The Hall–Kier alpha value is -1.49. The minimum absolute atomic E-state index is 0.0318. The molecule has 0 heterocycles. The van der Waals surface area contributed by atoms with E-state index in [0.717, 1.165) is 16.0 Å². The molecule has 2 aromatic rings. The highest BCUT2D eigenvalue weighted by Crippen LogP contribution is 2.30. The number of aliphatic hydroxyl groups excluding tert-OH is 1. The van der Waals surface area contributed by atoms with Gasteiger partial charge >= 0.3 is 0 Å². The lowest BCUT2D eigenvalue weighted by atomic mass is 10.1.